The van der Waals surface area contributed by atoms with Crippen molar-refractivity contribution in [3.05, 3.63) is 63.8 Å². The number of carbonyl (C=O) groups is 1. The van der Waals surface area contributed by atoms with E-state index in [1.54, 1.807) is 16.8 Å². The van der Waals surface area contributed by atoms with Crippen molar-refractivity contribution in [3.8, 4) is 22.7 Å². The Morgan fingerprint density at radius 1 is 1.03 bits per heavy atom. The second-order valence-corrected chi connectivity index (χ2v) is 8.96. The molecule has 1 aromatic heterocycles. The number of aromatic nitrogens is 2. The first-order chi connectivity index (χ1) is 15.6. The molecule has 3 heterocycles. The third-order valence-electron chi connectivity index (χ3n) is 5.95. The fourth-order valence-electron chi connectivity index (χ4n) is 4.40. The summed E-state index contributed by atoms with van der Waals surface area (Å²) in [5.74, 6) is 0.559. The smallest absolute Gasteiger partial charge is 0.286 e. The van der Waals surface area contributed by atoms with Crippen LogP contribution in [-0.2, 0) is 6.42 Å². The van der Waals surface area contributed by atoms with Gasteiger partial charge in [-0.3, -0.25) is 10.2 Å². The van der Waals surface area contributed by atoms with Crippen molar-refractivity contribution in [2.24, 2.45) is 0 Å². The van der Waals surface area contributed by atoms with Crippen molar-refractivity contribution in [2.75, 3.05) is 19.7 Å². The molecule has 0 saturated carbocycles. The first-order valence-electron chi connectivity index (χ1n) is 11.0. The van der Waals surface area contributed by atoms with E-state index in [4.69, 9.17) is 33.0 Å². The lowest BCUT2D eigenvalue weighted by atomic mass is 10.0. The molecule has 0 bridgehead atoms. The summed E-state index contributed by atoms with van der Waals surface area (Å²) in [5.41, 5.74) is 6.70. The van der Waals surface area contributed by atoms with E-state index in [9.17, 15) is 4.79 Å². The summed E-state index contributed by atoms with van der Waals surface area (Å²) in [5, 5.41) is 7.79. The van der Waals surface area contributed by atoms with Gasteiger partial charge < -0.3 is 4.74 Å². The second-order valence-electron chi connectivity index (χ2n) is 8.12. The van der Waals surface area contributed by atoms with Gasteiger partial charge in [-0.25, -0.2) is 9.69 Å². The van der Waals surface area contributed by atoms with E-state index in [2.05, 4.69) is 5.43 Å². The number of carbonyl (C=O) groups excluding carboxylic acids is 1. The topological polar surface area (TPSA) is 59.4 Å². The van der Waals surface area contributed by atoms with Gasteiger partial charge in [0.2, 0.25) is 0 Å². The molecule has 166 valence electrons. The number of hydrogen-bond acceptors (Lipinski definition) is 4. The van der Waals surface area contributed by atoms with Gasteiger partial charge in [0.05, 0.1) is 23.0 Å². The van der Waals surface area contributed by atoms with Crippen LogP contribution in [0.2, 0.25) is 10.0 Å². The maximum absolute atomic E-state index is 13.4. The number of hydrogen-bond donors (Lipinski definition) is 1. The number of benzene rings is 2. The fraction of sp³-hybridized carbons (Fsp3) is 0.333. The minimum absolute atomic E-state index is 0.202. The Labute approximate surface area is 197 Å². The van der Waals surface area contributed by atoms with E-state index in [0.717, 1.165) is 48.5 Å². The molecule has 8 heteroatoms. The molecule has 0 atom stereocenters. The summed E-state index contributed by atoms with van der Waals surface area (Å²) in [6.07, 6.45) is 5.11. The molecule has 1 fully saturated rings. The minimum Gasteiger partial charge on any atom is -0.493 e. The Morgan fingerprint density at radius 3 is 2.59 bits per heavy atom. The molecular weight excluding hydrogens is 447 g/mol. The molecule has 1 N–H and O–H groups in total. The SMILES string of the molecule is O=C(NN1CCCCCC1)c1nn(-c2ccc(Cl)cc2Cl)c2c1CCOc1ccccc1-2. The monoisotopic (exact) mass is 470 g/mol. The molecule has 32 heavy (non-hydrogen) atoms. The standard InChI is InChI=1S/C24H24Cl2N4O2/c25-16-9-10-20(19(26)15-16)30-23-17-7-3-4-8-21(17)32-14-11-18(23)22(27-30)24(31)28-29-12-5-1-2-6-13-29/h3-4,7-10,15H,1-2,5-6,11-14H2,(H,28,31). The van der Waals surface area contributed by atoms with Crippen molar-refractivity contribution in [3.63, 3.8) is 0 Å². The number of ether oxygens (including phenoxy) is 1. The molecule has 3 aromatic rings. The lowest BCUT2D eigenvalue weighted by Crippen LogP contribution is -2.43. The lowest BCUT2D eigenvalue weighted by molar-refractivity contribution is 0.0787. The molecule has 1 amide bonds. The van der Waals surface area contributed by atoms with Gasteiger partial charge in [0.1, 0.15) is 5.75 Å². The highest BCUT2D eigenvalue weighted by atomic mass is 35.5. The number of para-hydroxylation sites is 1. The van der Waals surface area contributed by atoms with Crippen LogP contribution in [0, 0.1) is 0 Å². The molecule has 0 aliphatic carbocycles. The van der Waals surface area contributed by atoms with Crippen LogP contribution in [0.3, 0.4) is 0 Å². The van der Waals surface area contributed by atoms with Gasteiger partial charge in [0, 0.05) is 35.7 Å². The highest BCUT2D eigenvalue weighted by Crippen LogP contribution is 2.39. The quantitative estimate of drug-likeness (QED) is 0.563. The van der Waals surface area contributed by atoms with E-state index in [0.29, 0.717) is 34.5 Å². The summed E-state index contributed by atoms with van der Waals surface area (Å²) < 4.78 is 7.74. The van der Waals surface area contributed by atoms with E-state index >= 15 is 0 Å². The van der Waals surface area contributed by atoms with E-state index in [1.807, 2.05) is 35.3 Å². The maximum atomic E-state index is 13.4. The molecule has 0 unspecified atom stereocenters. The predicted octanol–water partition coefficient (Wildman–Crippen LogP) is 5.30. The van der Waals surface area contributed by atoms with Crippen LogP contribution in [-0.4, -0.2) is 40.4 Å². The summed E-state index contributed by atoms with van der Waals surface area (Å²) in [6.45, 7) is 2.17. The van der Waals surface area contributed by atoms with E-state index in [1.165, 1.54) is 12.8 Å². The number of halogens is 2. The molecular formula is C24H24Cl2N4O2. The van der Waals surface area contributed by atoms with Gasteiger partial charge in [-0.15, -0.1) is 0 Å². The molecule has 2 aliphatic heterocycles. The third kappa shape index (κ3) is 4.10. The number of amides is 1. The minimum atomic E-state index is -0.202. The zero-order valence-corrected chi connectivity index (χ0v) is 19.1. The molecule has 0 spiro atoms. The average Bonchev–Trinajstić information content (AvgIpc) is 2.92. The largest absolute Gasteiger partial charge is 0.493 e. The Balaban J connectivity index is 1.63. The van der Waals surface area contributed by atoms with Crippen LogP contribution >= 0.6 is 23.2 Å². The van der Waals surface area contributed by atoms with Gasteiger partial charge in [-0.1, -0.05) is 48.2 Å². The van der Waals surface area contributed by atoms with Crippen LogP contribution in [0.4, 0.5) is 0 Å². The van der Waals surface area contributed by atoms with Crippen LogP contribution < -0.4 is 10.2 Å². The van der Waals surface area contributed by atoms with Crippen molar-refractivity contribution in [2.45, 2.75) is 32.1 Å². The predicted molar refractivity (Wildman–Crippen MR) is 126 cm³/mol. The molecule has 2 aromatic carbocycles. The highest BCUT2D eigenvalue weighted by molar-refractivity contribution is 6.35. The number of nitrogens with one attached hydrogen (secondary N) is 1. The fourth-order valence-corrected chi connectivity index (χ4v) is 4.89. The normalized spacial score (nSPS) is 16.3. The van der Waals surface area contributed by atoms with Crippen LogP contribution in [0.1, 0.15) is 41.7 Å². The summed E-state index contributed by atoms with van der Waals surface area (Å²) in [7, 11) is 0. The first kappa shape index (κ1) is 21.3. The molecule has 2 aliphatic rings. The Kier molecular flexibility index (Phi) is 6.09. The van der Waals surface area contributed by atoms with E-state index in [-0.39, 0.29) is 5.91 Å². The number of nitrogens with zero attached hydrogens (tertiary/aromatic N) is 3. The highest BCUT2D eigenvalue weighted by Gasteiger charge is 2.29. The number of fused-ring (bicyclic) bond motifs is 3. The Morgan fingerprint density at radius 2 is 1.81 bits per heavy atom. The maximum Gasteiger partial charge on any atom is 0.286 e. The summed E-state index contributed by atoms with van der Waals surface area (Å²) >= 11 is 12.7. The zero-order chi connectivity index (χ0) is 22.1. The zero-order valence-electron chi connectivity index (χ0n) is 17.6. The van der Waals surface area contributed by atoms with Crippen molar-refractivity contribution >= 4 is 29.1 Å². The lowest BCUT2D eigenvalue weighted by Gasteiger charge is -2.20. The first-order valence-corrected chi connectivity index (χ1v) is 11.7. The van der Waals surface area contributed by atoms with Gasteiger partial charge in [0.25, 0.3) is 5.91 Å². The average molecular weight is 471 g/mol. The number of rotatable bonds is 3. The molecule has 6 nitrogen and oxygen atoms in total. The van der Waals surface area contributed by atoms with Crippen molar-refractivity contribution in [1.29, 1.82) is 0 Å². The summed E-state index contributed by atoms with van der Waals surface area (Å²) in [6, 6.07) is 13.1. The molecule has 1 saturated heterocycles. The van der Waals surface area contributed by atoms with Gasteiger partial charge in [-0.05, 0) is 43.2 Å². The molecule has 0 radical (unpaired) electrons. The van der Waals surface area contributed by atoms with Crippen LogP contribution in [0.5, 0.6) is 5.75 Å². The third-order valence-corrected chi connectivity index (χ3v) is 6.49. The number of hydrazine groups is 1. The van der Waals surface area contributed by atoms with Crippen molar-refractivity contribution < 1.29 is 9.53 Å². The van der Waals surface area contributed by atoms with Gasteiger partial charge in [-0.2, -0.15) is 5.10 Å². The summed E-state index contributed by atoms with van der Waals surface area (Å²) in [4.78, 5) is 13.4. The van der Waals surface area contributed by atoms with Gasteiger partial charge >= 0.3 is 0 Å². The Hall–Kier alpha value is -2.54. The van der Waals surface area contributed by atoms with Crippen molar-refractivity contribution in [1.82, 2.24) is 20.2 Å². The Bertz CT molecular complexity index is 1150. The van der Waals surface area contributed by atoms with Crippen LogP contribution in [0.15, 0.2) is 42.5 Å². The van der Waals surface area contributed by atoms with Crippen LogP contribution in [0.25, 0.3) is 16.9 Å². The second kappa shape index (κ2) is 9.14. The molecule has 5 rings (SSSR count). The van der Waals surface area contributed by atoms with E-state index < -0.39 is 0 Å². The van der Waals surface area contributed by atoms with Gasteiger partial charge in [0.15, 0.2) is 5.69 Å².